The zero-order valence-electron chi connectivity index (χ0n) is 11.9. The number of hydrogen-bond acceptors (Lipinski definition) is 3. The van der Waals surface area contributed by atoms with Gasteiger partial charge in [0.2, 0.25) is 0 Å². The third-order valence-corrected chi connectivity index (χ3v) is 4.25. The maximum atomic E-state index is 11.1. The van der Waals surface area contributed by atoms with Gasteiger partial charge < -0.3 is 15.4 Å². The van der Waals surface area contributed by atoms with Gasteiger partial charge >= 0.3 is 6.09 Å². The van der Waals surface area contributed by atoms with E-state index in [1.54, 1.807) is 18.2 Å². The molecule has 0 fully saturated rings. The van der Waals surface area contributed by atoms with E-state index in [9.17, 15) is 4.79 Å². The SMILES string of the molecule is C=CCN(CCC1CNN=C1c1ccc(Cl)c(Cl)c1)C(=O)O. The van der Waals surface area contributed by atoms with E-state index < -0.39 is 6.09 Å². The number of nitrogens with zero attached hydrogens (tertiary/aromatic N) is 2. The normalized spacial score (nSPS) is 16.8. The van der Waals surface area contributed by atoms with Crippen molar-refractivity contribution >= 4 is 35.0 Å². The molecule has 1 aromatic carbocycles. The molecule has 118 valence electrons. The number of hydrogen-bond donors (Lipinski definition) is 2. The Kier molecular flexibility index (Phi) is 5.69. The zero-order valence-corrected chi connectivity index (χ0v) is 13.4. The van der Waals surface area contributed by atoms with Crippen LogP contribution in [0.3, 0.4) is 0 Å². The predicted molar refractivity (Wildman–Crippen MR) is 88.9 cm³/mol. The molecule has 7 heteroatoms. The van der Waals surface area contributed by atoms with E-state index in [1.165, 1.54) is 4.90 Å². The van der Waals surface area contributed by atoms with Crippen molar-refractivity contribution in [3.05, 3.63) is 46.5 Å². The molecular formula is C15H17Cl2N3O2. The smallest absolute Gasteiger partial charge is 0.407 e. The quantitative estimate of drug-likeness (QED) is 0.778. The second kappa shape index (κ2) is 7.51. The molecule has 1 aliphatic heterocycles. The summed E-state index contributed by atoms with van der Waals surface area (Å²) in [6.45, 7) is 4.99. The molecule has 0 spiro atoms. The van der Waals surface area contributed by atoms with Crippen molar-refractivity contribution in [2.24, 2.45) is 11.0 Å². The van der Waals surface area contributed by atoms with Crippen LogP contribution in [0.25, 0.3) is 0 Å². The number of hydrazone groups is 1. The maximum absolute atomic E-state index is 11.1. The van der Waals surface area contributed by atoms with Crippen molar-refractivity contribution in [3.63, 3.8) is 0 Å². The Morgan fingerprint density at radius 3 is 2.91 bits per heavy atom. The van der Waals surface area contributed by atoms with Crippen LogP contribution in [0, 0.1) is 5.92 Å². The van der Waals surface area contributed by atoms with Crippen molar-refractivity contribution in [2.45, 2.75) is 6.42 Å². The minimum Gasteiger partial charge on any atom is -0.465 e. The molecule has 1 aliphatic rings. The number of carboxylic acid groups (broad SMARTS) is 1. The van der Waals surface area contributed by atoms with Gasteiger partial charge in [0.25, 0.3) is 0 Å². The van der Waals surface area contributed by atoms with Crippen molar-refractivity contribution in [3.8, 4) is 0 Å². The molecule has 0 bridgehead atoms. The monoisotopic (exact) mass is 341 g/mol. The summed E-state index contributed by atoms with van der Waals surface area (Å²) in [5.41, 5.74) is 4.74. The maximum Gasteiger partial charge on any atom is 0.407 e. The summed E-state index contributed by atoms with van der Waals surface area (Å²) in [5.74, 6) is 0.129. The standard InChI is InChI=1S/C15H17Cl2N3O2/c1-2-6-20(15(21)22)7-5-11-9-18-19-14(11)10-3-4-12(16)13(17)8-10/h2-4,8,11,18H,1,5-7,9H2,(H,21,22). The first kappa shape index (κ1) is 16.6. The Morgan fingerprint density at radius 1 is 1.50 bits per heavy atom. The largest absolute Gasteiger partial charge is 0.465 e. The van der Waals surface area contributed by atoms with E-state index in [0.29, 0.717) is 36.1 Å². The van der Waals surface area contributed by atoms with E-state index >= 15 is 0 Å². The predicted octanol–water partition coefficient (Wildman–Crippen LogP) is 3.47. The third kappa shape index (κ3) is 3.93. The lowest BCUT2D eigenvalue weighted by atomic mass is 9.94. The molecule has 0 aromatic heterocycles. The van der Waals surface area contributed by atoms with Crippen LogP contribution in [-0.4, -0.2) is 41.4 Å². The Morgan fingerprint density at radius 2 is 2.27 bits per heavy atom. The molecule has 1 amide bonds. The lowest BCUT2D eigenvalue weighted by Gasteiger charge is -2.20. The van der Waals surface area contributed by atoms with Gasteiger partial charge in [-0.05, 0) is 24.1 Å². The van der Waals surface area contributed by atoms with Crippen LogP contribution in [0.2, 0.25) is 10.0 Å². The number of rotatable bonds is 6. The molecule has 1 atom stereocenters. The van der Waals surface area contributed by atoms with Crippen LogP contribution in [0.15, 0.2) is 36.0 Å². The molecule has 2 N–H and O–H groups in total. The Balaban J connectivity index is 2.05. The highest BCUT2D eigenvalue weighted by Crippen LogP contribution is 2.26. The number of amides is 1. The fourth-order valence-electron chi connectivity index (χ4n) is 2.36. The first-order chi connectivity index (χ1) is 10.5. The molecule has 22 heavy (non-hydrogen) atoms. The van der Waals surface area contributed by atoms with E-state index in [0.717, 1.165) is 11.3 Å². The topological polar surface area (TPSA) is 64.9 Å². The third-order valence-electron chi connectivity index (χ3n) is 3.51. The highest BCUT2D eigenvalue weighted by Gasteiger charge is 2.24. The summed E-state index contributed by atoms with van der Waals surface area (Å²) < 4.78 is 0. The lowest BCUT2D eigenvalue weighted by molar-refractivity contribution is 0.148. The minimum absolute atomic E-state index is 0.129. The first-order valence-corrected chi connectivity index (χ1v) is 7.63. The molecule has 1 heterocycles. The number of halogens is 2. The van der Waals surface area contributed by atoms with Crippen LogP contribution in [0.1, 0.15) is 12.0 Å². The van der Waals surface area contributed by atoms with E-state index in [4.69, 9.17) is 28.3 Å². The van der Waals surface area contributed by atoms with Crippen molar-refractivity contribution in [1.82, 2.24) is 10.3 Å². The second-order valence-electron chi connectivity index (χ2n) is 4.99. The van der Waals surface area contributed by atoms with Crippen LogP contribution in [0.4, 0.5) is 4.79 Å². The molecule has 5 nitrogen and oxygen atoms in total. The minimum atomic E-state index is -0.945. The van der Waals surface area contributed by atoms with Crippen molar-refractivity contribution in [1.29, 1.82) is 0 Å². The first-order valence-electron chi connectivity index (χ1n) is 6.87. The fraction of sp³-hybridized carbons (Fsp3) is 0.333. The van der Waals surface area contributed by atoms with E-state index in [2.05, 4.69) is 17.1 Å². The summed E-state index contributed by atoms with van der Waals surface area (Å²) in [6, 6.07) is 5.38. The van der Waals surface area contributed by atoms with Gasteiger partial charge in [-0.25, -0.2) is 4.79 Å². The Hall–Kier alpha value is -1.72. The van der Waals surface area contributed by atoms with Crippen LogP contribution < -0.4 is 5.43 Å². The van der Waals surface area contributed by atoms with Gasteiger partial charge in [0, 0.05) is 25.6 Å². The lowest BCUT2D eigenvalue weighted by Crippen LogP contribution is -2.33. The molecule has 1 aromatic rings. The number of benzene rings is 1. The fourth-order valence-corrected chi connectivity index (χ4v) is 2.65. The molecule has 0 radical (unpaired) electrons. The van der Waals surface area contributed by atoms with Gasteiger partial charge in [0.1, 0.15) is 0 Å². The van der Waals surface area contributed by atoms with Gasteiger partial charge in [-0.2, -0.15) is 5.10 Å². The van der Waals surface area contributed by atoms with Gasteiger partial charge in [0.05, 0.1) is 15.8 Å². The average molecular weight is 342 g/mol. The molecule has 0 saturated carbocycles. The summed E-state index contributed by atoms with van der Waals surface area (Å²) in [6.07, 6.45) is 1.31. The Bertz CT molecular complexity index is 604. The number of nitrogens with one attached hydrogen (secondary N) is 1. The van der Waals surface area contributed by atoms with Gasteiger partial charge in [0.15, 0.2) is 0 Å². The van der Waals surface area contributed by atoms with Crippen molar-refractivity contribution < 1.29 is 9.90 Å². The van der Waals surface area contributed by atoms with Crippen LogP contribution in [0.5, 0.6) is 0 Å². The molecule has 2 rings (SSSR count). The van der Waals surface area contributed by atoms with Gasteiger partial charge in [-0.15, -0.1) is 6.58 Å². The summed E-state index contributed by atoms with van der Waals surface area (Å²) in [5, 5.41) is 14.4. The highest BCUT2D eigenvalue weighted by molar-refractivity contribution is 6.42. The number of carbonyl (C=O) groups is 1. The molecule has 0 aliphatic carbocycles. The van der Waals surface area contributed by atoms with Crippen molar-refractivity contribution in [2.75, 3.05) is 19.6 Å². The van der Waals surface area contributed by atoms with E-state index in [1.807, 2.05) is 6.07 Å². The molecule has 0 saturated heterocycles. The Labute approximate surface area is 139 Å². The zero-order chi connectivity index (χ0) is 16.1. The van der Waals surface area contributed by atoms with Gasteiger partial charge in [-0.3, -0.25) is 0 Å². The molecule has 1 unspecified atom stereocenters. The molecular weight excluding hydrogens is 325 g/mol. The van der Waals surface area contributed by atoms with Crippen LogP contribution >= 0.6 is 23.2 Å². The van der Waals surface area contributed by atoms with E-state index in [-0.39, 0.29) is 5.92 Å². The highest BCUT2D eigenvalue weighted by atomic mass is 35.5. The van der Waals surface area contributed by atoms with Crippen LogP contribution in [-0.2, 0) is 0 Å². The van der Waals surface area contributed by atoms with Gasteiger partial charge in [-0.1, -0.05) is 35.3 Å². The summed E-state index contributed by atoms with van der Waals surface area (Å²) >= 11 is 12.0. The summed E-state index contributed by atoms with van der Waals surface area (Å²) in [7, 11) is 0. The second-order valence-corrected chi connectivity index (χ2v) is 5.81. The summed E-state index contributed by atoms with van der Waals surface area (Å²) in [4.78, 5) is 12.5. The average Bonchev–Trinajstić information content (AvgIpc) is 2.94.